The average Bonchev–Trinajstić information content (AvgIpc) is 3.29. The summed E-state index contributed by atoms with van der Waals surface area (Å²) in [6.07, 6.45) is 0.949. The van der Waals surface area contributed by atoms with E-state index >= 15 is 0 Å². The molecule has 2 heterocycles. The Morgan fingerprint density at radius 3 is 2.36 bits per heavy atom. The van der Waals surface area contributed by atoms with E-state index < -0.39 is 0 Å². The number of aromatic hydroxyl groups is 1. The van der Waals surface area contributed by atoms with Gasteiger partial charge in [-0.1, -0.05) is 44.2 Å². The lowest BCUT2D eigenvalue weighted by Crippen LogP contribution is -2.24. The van der Waals surface area contributed by atoms with Crippen molar-refractivity contribution in [3.63, 3.8) is 0 Å². The van der Waals surface area contributed by atoms with Gasteiger partial charge >= 0.3 is 0 Å². The first kappa shape index (κ1) is 21.2. The van der Waals surface area contributed by atoms with E-state index in [1.54, 1.807) is 12.1 Å². The fourth-order valence-electron chi connectivity index (χ4n) is 5.01. The van der Waals surface area contributed by atoms with Gasteiger partial charge in [-0.05, 0) is 61.4 Å². The number of hydrogen-bond donors (Lipinski definition) is 2. The topological polar surface area (TPSA) is 74.6 Å². The molecule has 0 bridgehead atoms. The summed E-state index contributed by atoms with van der Waals surface area (Å²) in [6, 6.07) is 17.0. The van der Waals surface area contributed by atoms with E-state index in [-0.39, 0.29) is 17.6 Å². The summed E-state index contributed by atoms with van der Waals surface area (Å²) in [5.74, 6) is -0.628. The van der Waals surface area contributed by atoms with Gasteiger partial charge < -0.3 is 14.6 Å². The minimum atomic E-state index is -0.386. The van der Waals surface area contributed by atoms with Crippen molar-refractivity contribution in [1.29, 1.82) is 0 Å². The van der Waals surface area contributed by atoms with Crippen LogP contribution in [0.1, 0.15) is 41.0 Å². The van der Waals surface area contributed by atoms with Gasteiger partial charge in [0.05, 0.1) is 16.6 Å². The number of aryl methyl sites for hydroxylation is 1. The third kappa shape index (κ3) is 3.47. The highest BCUT2D eigenvalue weighted by molar-refractivity contribution is 6.32. The predicted molar refractivity (Wildman–Crippen MR) is 131 cm³/mol. The molecule has 0 saturated carbocycles. The highest BCUT2D eigenvalue weighted by atomic mass is 16.3. The molecule has 0 saturated heterocycles. The van der Waals surface area contributed by atoms with Crippen LogP contribution in [0.2, 0.25) is 0 Å². The number of nitrogens with one attached hydrogen (secondary N) is 1. The maximum Gasteiger partial charge on any atom is 0.259 e. The quantitative estimate of drug-likeness (QED) is 0.405. The molecule has 0 fully saturated rings. The van der Waals surface area contributed by atoms with Crippen molar-refractivity contribution in [2.24, 2.45) is 0 Å². The molecule has 3 aromatic carbocycles. The van der Waals surface area contributed by atoms with Crippen LogP contribution in [-0.4, -0.2) is 46.0 Å². The smallest absolute Gasteiger partial charge is 0.259 e. The van der Waals surface area contributed by atoms with Crippen LogP contribution in [-0.2, 0) is 6.54 Å². The lowest BCUT2D eigenvalue weighted by atomic mass is 9.93. The minimum Gasteiger partial charge on any atom is -0.508 e. The predicted octanol–water partition coefficient (Wildman–Crippen LogP) is 4.78. The van der Waals surface area contributed by atoms with Gasteiger partial charge in [0.15, 0.2) is 0 Å². The van der Waals surface area contributed by atoms with Gasteiger partial charge in [0.25, 0.3) is 11.8 Å². The SMILES string of the molecule is CCN(CC)CCCn1c2ccc(O)cc2c2c3c(c(-c4ccccc4)cc21)C(=O)NC3=O. The molecule has 1 aliphatic heterocycles. The number of phenols is 1. The van der Waals surface area contributed by atoms with Crippen molar-refractivity contribution in [2.45, 2.75) is 26.8 Å². The van der Waals surface area contributed by atoms with Crippen LogP contribution < -0.4 is 5.32 Å². The Morgan fingerprint density at radius 1 is 0.909 bits per heavy atom. The largest absolute Gasteiger partial charge is 0.508 e. The Balaban J connectivity index is 1.79. The molecule has 4 aromatic rings. The molecular weight excluding hydrogens is 414 g/mol. The third-order valence-corrected chi connectivity index (χ3v) is 6.65. The summed E-state index contributed by atoms with van der Waals surface area (Å²) >= 11 is 0. The zero-order valence-corrected chi connectivity index (χ0v) is 18.9. The number of rotatable bonds is 7. The maximum atomic E-state index is 13.0. The van der Waals surface area contributed by atoms with Gasteiger partial charge in [0.2, 0.25) is 0 Å². The molecule has 0 unspecified atom stereocenters. The number of phenolic OH excluding ortho intramolecular Hbond substituents is 1. The molecule has 2 N–H and O–H groups in total. The Morgan fingerprint density at radius 2 is 1.64 bits per heavy atom. The fourth-order valence-corrected chi connectivity index (χ4v) is 5.01. The molecule has 0 aliphatic carbocycles. The second-order valence-electron chi connectivity index (χ2n) is 8.45. The van der Waals surface area contributed by atoms with Crippen LogP contribution in [0.5, 0.6) is 5.75 Å². The van der Waals surface area contributed by atoms with E-state index in [4.69, 9.17) is 0 Å². The molecule has 0 atom stereocenters. The Bertz CT molecular complexity index is 1380. The van der Waals surface area contributed by atoms with Gasteiger partial charge in [-0.3, -0.25) is 14.9 Å². The van der Waals surface area contributed by atoms with Crippen LogP contribution in [0.4, 0.5) is 0 Å². The lowest BCUT2D eigenvalue weighted by molar-refractivity contribution is 0.0880. The molecule has 0 spiro atoms. The molecule has 1 aliphatic rings. The number of imide groups is 1. The summed E-state index contributed by atoms with van der Waals surface area (Å²) in [4.78, 5) is 28.2. The van der Waals surface area contributed by atoms with Gasteiger partial charge in [0, 0.05) is 22.8 Å². The highest BCUT2D eigenvalue weighted by Crippen LogP contribution is 2.41. The van der Waals surface area contributed by atoms with Crippen LogP contribution in [0.3, 0.4) is 0 Å². The number of benzene rings is 3. The standard InChI is InChI=1S/C27H27N3O3/c1-3-29(4-2)13-8-14-30-21-12-11-18(31)15-20(21)23-22(30)16-19(17-9-6-5-7-10-17)24-25(23)27(33)28-26(24)32/h5-7,9-12,15-16,31H,3-4,8,13-14H2,1-2H3,(H,28,32,33). The fraction of sp³-hybridized carbons (Fsp3) is 0.259. The van der Waals surface area contributed by atoms with E-state index in [0.29, 0.717) is 11.1 Å². The summed E-state index contributed by atoms with van der Waals surface area (Å²) in [7, 11) is 0. The first-order valence-electron chi connectivity index (χ1n) is 11.5. The molecule has 5 rings (SSSR count). The van der Waals surface area contributed by atoms with Crippen molar-refractivity contribution in [2.75, 3.05) is 19.6 Å². The van der Waals surface area contributed by atoms with Crippen LogP contribution in [0.15, 0.2) is 54.6 Å². The van der Waals surface area contributed by atoms with Crippen molar-refractivity contribution in [3.05, 3.63) is 65.7 Å². The van der Waals surface area contributed by atoms with Crippen molar-refractivity contribution in [1.82, 2.24) is 14.8 Å². The van der Waals surface area contributed by atoms with Crippen LogP contribution in [0.25, 0.3) is 32.9 Å². The van der Waals surface area contributed by atoms with Gasteiger partial charge in [-0.2, -0.15) is 0 Å². The molecule has 1 aromatic heterocycles. The zero-order chi connectivity index (χ0) is 23.1. The number of aromatic nitrogens is 1. The zero-order valence-electron chi connectivity index (χ0n) is 18.9. The highest BCUT2D eigenvalue weighted by Gasteiger charge is 2.34. The molecule has 6 nitrogen and oxygen atoms in total. The van der Waals surface area contributed by atoms with Crippen LogP contribution >= 0.6 is 0 Å². The summed E-state index contributed by atoms with van der Waals surface area (Å²) in [5, 5.41) is 14.2. The third-order valence-electron chi connectivity index (χ3n) is 6.65. The van der Waals surface area contributed by atoms with E-state index in [9.17, 15) is 14.7 Å². The number of amides is 2. The molecule has 33 heavy (non-hydrogen) atoms. The van der Waals surface area contributed by atoms with Crippen molar-refractivity contribution in [3.8, 4) is 16.9 Å². The number of carbonyl (C=O) groups is 2. The summed E-state index contributed by atoms with van der Waals surface area (Å²) < 4.78 is 2.22. The molecular formula is C27H27N3O3. The maximum absolute atomic E-state index is 13.0. The van der Waals surface area contributed by atoms with Gasteiger partial charge in [0.1, 0.15) is 5.75 Å². The van der Waals surface area contributed by atoms with Crippen molar-refractivity contribution >= 4 is 33.6 Å². The second kappa shape index (κ2) is 8.37. The normalized spacial score (nSPS) is 13.3. The number of carbonyl (C=O) groups excluding carboxylic acids is 2. The van der Waals surface area contributed by atoms with E-state index in [1.165, 1.54) is 0 Å². The lowest BCUT2D eigenvalue weighted by Gasteiger charge is -2.18. The molecule has 168 valence electrons. The van der Waals surface area contributed by atoms with Crippen molar-refractivity contribution < 1.29 is 14.7 Å². The van der Waals surface area contributed by atoms with E-state index in [0.717, 1.165) is 65.5 Å². The summed E-state index contributed by atoms with van der Waals surface area (Å²) in [6.45, 7) is 8.08. The number of hydrogen-bond acceptors (Lipinski definition) is 4. The van der Waals surface area contributed by atoms with E-state index in [1.807, 2.05) is 42.5 Å². The number of fused-ring (bicyclic) bond motifs is 5. The molecule has 0 radical (unpaired) electrons. The minimum absolute atomic E-state index is 0.135. The second-order valence-corrected chi connectivity index (χ2v) is 8.45. The Labute approximate surface area is 192 Å². The Hall–Kier alpha value is -3.64. The first-order chi connectivity index (χ1) is 16.0. The van der Waals surface area contributed by atoms with E-state index in [2.05, 4.69) is 28.6 Å². The van der Waals surface area contributed by atoms with Gasteiger partial charge in [-0.15, -0.1) is 0 Å². The number of nitrogens with zero attached hydrogens (tertiary/aromatic N) is 2. The summed E-state index contributed by atoms with van der Waals surface area (Å²) in [5.41, 5.74) is 4.29. The monoisotopic (exact) mass is 441 g/mol. The van der Waals surface area contributed by atoms with Gasteiger partial charge in [-0.25, -0.2) is 0 Å². The molecule has 2 amide bonds. The van der Waals surface area contributed by atoms with Crippen LogP contribution in [0, 0.1) is 0 Å². The Kier molecular flexibility index (Phi) is 5.38. The first-order valence-corrected chi connectivity index (χ1v) is 11.5. The average molecular weight is 442 g/mol. The molecule has 6 heteroatoms.